The van der Waals surface area contributed by atoms with Crippen LogP contribution in [0, 0.1) is 0 Å². The van der Waals surface area contributed by atoms with Crippen LogP contribution in [0.3, 0.4) is 0 Å². The average Bonchev–Trinajstić information content (AvgIpc) is 3.74. The van der Waals surface area contributed by atoms with Crippen molar-refractivity contribution in [3.05, 3.63) is 85.1 Å². The molecule has 0 rings (SSSR count). The molecule has 540 valence electrons. The monoisotopic (exact) mass is 1300 g/mol. The maximum absolute atomic E-state index is 13.0. The minimum Gasteiger partial charge on any atom is -0.545 e. The number of carbonyl (C=O) groups is 3. The van der Waals surface area contributed by atoms with Gasteiger partial charge in [-0.15, -0.1) is 0 Å². The molecule has 0 aliphatic carbocycles. The highest BCUT2D eigenvalue weighted by Crippen LogP contribution is 2.19. The normalized spacial score (nSPS) is 13.1. The summed E-state index contributed by atoms with van der Waals surface area (Å²) >= 11 is 0. The van der Waals surface area contributed by atoms with Crippen LogP contribution in [0.25, 0.3) is 0 Å². The number of aliphatic carboxylic acids is 1. The largest absolute Gasteiger partial charge is 0.545 e. The van der Waals surface area contributed by atoms with E-state index < -0.39 is 24.3 Å². The van der Waals surface area contributed by atoms with Gasteiger partial charge in [-0.05, 0) is 89.9 Å². The Hall–Kier alpha value is -3.53. The van der Waals surface area contributed by atoms with Crippen molar-refractivity contribution in [2.75, 3.05) is 47.5 Å². The molecule has 0 spiro atoms. The van der Waals surface area contributed by atoms with E-state index in [4.69, 9.17) is 18.9 Å². The van der Waals surface area contributed by atoms with E-state index in [-0.39, 0.29) is 32.2 Å². The van der Waals surface area contributed by atoms with Crippen LogP contribution in [0.1, 0.15) is 373 Å². The molecule has 0 bridgehead atoms. The molecule has 0 aromatic carbocycles. The molecule has 0 fully saturated rings. The van der Waals surface area contributed by atoms with Crippen LogP contribution < -0.4 is 5.11 Å². The van der Waals surface area contributed by atoms with Crippen molar-refractivity contribution >= 4 is 17.9 Å². The lowest BCUT2D eigenvalue weighted by atomic mass is 10.0. The number of carboxylic acids is 1. The quantitative estimate of drug-likeness (QED) is 0.0195. The number of likely N-dealkylation sites (N-methyl/N-ethyl adjacent to an activating group) is 1. The fraction of sp³-hybridized carbons (Fsp3) is 0.798. The summed E-state index contributed by atoms with van der Waals surface area (Å²) in [6.45, 7) is 4.68. The van der Waals surface area contributed by atoms with E-state index in [0.29, 0.717) is 23.9 Å². The molecular formula is C84H151NO8. The van der Waals surface area contributed by atoms with Crippen LogP contribution in [-0.2, 0) is 33.3 Å². The van der Waals surface area contributed by atoms with Crippen LogP contribution in [0.4, 0.5) is 0 Å². The molecule has 2 unspecified atom stereocenters. The van der Waals surface area contributed by atoms with Crippen molar-refractivity contribution in [1.82, 2.24) is 0 Å². The summed E-state index contributed by atoms with van der Waals surface area (Å²) in [5.41, 5.74) is 0. The van der Waals surface area contributed by atoms with Gasteiger partial charge in [0.1, 0.15) is 13.2 Å². The lowest BCUT2D eigenvalue weighted by molar-refractivity contribution is -0.870. The summed E-state index contributed by atoms with van der Waals surface area (Å²) in [5, 5.41) is 11.9. The third-order valence-corrected chi connectivity index (χ3v) is 17.6. The van der Waals surface area contributed by atoms with E-state index >= 15 is 0 Å². The molecular weight excluding hydrogens is 1150 g/mol. The fourth-order valence-corrected chi connectivity index (χ4v) is 11.6. The van der Waals surface area contributed by atoms with Gasteiger partial charge in [-0.3, -0.25) is 9.59 Å². The minimum absolute atomic E-state index is 0.145. The van der Waals surface area contributed by atoms with Crippen molar-refractivity contribution in [3.8, 4) is 0 Å². The predicted octanol–water partition coefficient (Wildman–Crippen LogP) is 24.0. The smallest absolute Gasteiger partial charge is 0.306 e. The van der Waals surface area contributed by atoms with Gasteiger partial charge in [0.05, 0.1) is 40.3 Å². The molecule has 0 aromatic rings. The predicted molar refractivity (Wildman–Crippen MR) is 398 cm³/mol. The Bertz CT molecular complexity index is 1810. The van der Waals surface area contributed by atoms with Crippen LogP contribution >= 0.6 is 0 Å². The van der Waals surface area contributed by atoms with E-state index in [9.17, 15) is 19.5 Å². The summed E-state index contributed by atoms with van der Waals surface area (Å²) in [6, 6.07) is 0. The standard InChI is InChI=1S/C84H151NO8/c1-6-8-10-12-14-16-18-20-22-24-26-28-30-32-34-36-37-38-39-40-41-42-43-44-45-47-48-50-52-54-56-58-60-62-64-66-68-70-72-74-81(86)91-78-80(79-92-84(83(88)89)90-77-76-85(3,4)5)93-82(87)75-73-71-69-67-65-63-61-59-57-55-53-51-49-46-35-33-31-29-27-25-23-21-19-17-15-13-11-9-7-2/h9,11,15,17,21,23-24,26-27,29,33,35,49,51,80,84H,6-8,10,12-14,16,18-20,22,25,28,30-32,34,36-48,50,52-79H2,1-5H3/b11-9-,17-15-,23-21-,26-24-,29-27-,35-33-,51-49-. The Morgan fingerprint density at radius 3 is 0.925 bits per heavy atom. The Labute approximate surface area is 576 Å². The van der Waals surface area contributed by atoms with Gasteiger partial charge < -0.3 is 33.3 Å². The molecule has 0 saturated carbocycles. The van der Waals surface area contributed by atoms with E-state index in [1.165, 1.54) is 257 Å². The van der Waals surface area contributed by atoms with Crippen molar-refractivity contribution in [2.24, 2.45) is 0 Å². The first-order valence-electron chi connectivity index (χ1n) is 39.7. The Morgan fingerprint density at radius 1 is 0.333 bits per heavy atom. The lowest BCUT2D eigenvalue weighted by Gasteiger charge is -2.26. The van der Waals surface area contributed by atoms with Crippen LogP contribution in [-0.4, -0.2) is 82.3 Å². The molecule has 93 heavy (non-hydrogen) atoms. The minimum atomic E-state index is -1.63. The van der Waals surface area contributed by atoms with Gasteiger partial charge in [-0.1, -0.05) is 356 Å². The molecule has 0 aliphatic heterocycles. The number of quaternary nitrogens is 1. The summed E-state index contributed by atoms with van der Waals surface area (Å²) < 4.78 is 22.9. The van der Waals surface area contributed by atoms with Crippen LogP contribution in [0.15, 0.2) is 85.1 Å². The summed E-state index contributed by atoms with van der Waals surface area (Å²) in [7, 11) is 5.94. The number of allylic oxidation sites excluding steroid dienone is 14. The zero-order valence-electron chi connectivity index (χ0n) is 61.9. The van der Waals surface area contributed by atoms with Gasteiger partial charge in [0.25, 0.3) is 0 Å². The van der Waals surface area contributed by atoms with E-state index in [2.05, 4.69) is 98.9 Å². The first kappa shape index (κ1) is 89.5. The number of unbranched alkanes of at least 4 members (excludes halogenated alkanes) is 45. The van der Waals surface area contributed by atoms with Gasteiger partial charge in [-0.25, -0.2) is 0 Å². The Kier molecular flexibility index (Phi) is 71.4. The van der Waals surface area contributed by atoms with Gasteiger partial charge in [-0.2, -0.15) is 0 Å². The molecule has 0 aromatic heterocycles. The van der Waals surface area contributed by atoms with Crippen molar-refractivity contribution in [2.45, 2.75) is 386 Å². The number of rotatable bonds is 74. The molecule has 0 heterocycles. The van der Waals surface area contributed by atoms with E-state index in [1.54, 1.807) is 0 Å². The molecule has 0 aliphatic rings. The van der Waals surface area contributed by atoms with Gasteiger partial charge in [0.15, 0.2) is 12.4 Å². The van der Waals surface area contributed by atoms with Crippen molar-refractivity contribution < 1.29 is 42.9 Å². The van der Waals surface area contributed by atoms with Gasteiger partial charge >= 0.3 is 11.9 Å². The maximum Gasteiger partial charge on any atom is 0.306 e. The number of nitrogens with zero attached hydrogens (tertiary/aromatic N) is 1. The molecule has 9 heteroatoms. The summed E-state index contributed by atoms with van der Waals surface area (Å²) in [4.78, 5) is 37.6. The second-order valence-electron chi connectivity index (χ2n) is 28.0. The topological polar surface area (TPSA) is 111 Å². The second kappa shape index (κ2) is 74.3. The zero-order chi connectivity index (χ0) is 67.5. The van der Waals surface area contributed by atoms with Crippen molar-refractivity contribution in [3.63, 3.8) is 0 Å². The highest BCUT2D eigenvalue weighted by atomic mass is 16.7. The number of hydrogen-bond acceptors (Lipinski definition) is 8. The first-order chi connectivity index (χ1) is 45.6. The number of esters is 2. The molecule has 0 radical (unpaired) electrons. The Morgan fingerprint density at radius 2 is 0.613 bits per heavy atom. The number of hydrogen-bond donors (Lipinski definition) is 0. The second-order valence-corrected chi connectivity index (χ2v) is 28.0. The highest BCUT2D eigenvalue weighted by Gasteiger charge is 2.22. The fourth-order valence-electron chi connectivity index (χ4n) is 11.6. The van der Waals surface area contributed by atoms with Crippen molar-refractivity contribution in [1.29, 1.82) is 0 Å². The summed E-state index contributed by atoms with van der Waals surface area (Å²) in [6.07, 6.45) is 98.5. The Balaban J connectivity index is 3.99. The number of ether oxygens (including phenoxy) is 4. The van der Waals surface area contributed by atoms with E-state index in [0.717, 1.165) is 83.5 Å². The molecule has 0 saturated heterocycles. The lowest BCUT2D eigenvalue weighted by Crippen LogP contribution is -2.44. The molecule has 0 amide bonds. The third kappa shape index (κ3) is 75.7. The zero-order valence-corrected chi connectivity index (χ0v) is 61.9. The molecule has 0 N–H and O–H groups in total. The molecule has 2 atom stereocenters. The summed E-state index contributed by atoms with van der Waals surface area (Å²) in [5.74, 6) is -2.27. The van der Waals surface area contributed by atoms with Crippen LogP contribution in [0.5, 0.6) is 0 Å². The molecule has 9 nitrogen and oxygen atoms in total. The van der Waals surface area contributed by atoms with Gasteiger partial charge in [0, 0.05) is 12.8 Å². The number of carboxylic acid groups (broad SMARTS) is 1. The average molecular weight is 1300 g/mol. The first-order valence-corrected chi connectivity index (χ1v) is 39.7. The number of carbonyl (C=O) groups excluding carboxylic acids is 3. The highest BCUT2D eigenvalue weighted by molar-refractivity contribution is 5.70. The van der Waals surface area contributed by atoms with Gasteiger partial charge in [0.2, 0.25) is 0 Å². The van der Waals surface area contributed by atoms with Crippen LogP contribution in [0.2, 0.25) is 0 Å². The maximum atomic E-state index is 13.0. The third-order valence-electron chi connectivity index (χ3n) is 17.6. The SMILES string of the molecule is CC/C=C\C/C=C\C/C=C\C/C=C\C/C=C\C/C=C\CCCCCCCCCCCCC(=O)OC(COC(=O)CCCCCCCCCCCCCCCCCCCCCCCCCCCCC/C=C\CCCCCCCCCC)COC(OCC[N+](C)(C)C)C(=O)[O-]. The van der Waals surface area contributed by atoms with E-state index in [1.807, 2.05) is 21.1 Å².